The van der Waals surface area contributed by atoms with Gasteiger partial charge in [-0.2, -0.15) is 5.10 Å². The summed E-state index contributed by atoms with van der Waals surface area (Å²) in [4.78, 5) is 25.2. The molecule has 2 aliphatic heterocycles. The molecule has 6 aromatic rings. The number of pyridine rings is 1. The maximum Gasteiger partial charge on any atom is 0.255 e. The number of halogens is 2. The number of hydrogen-bond acceptors (Lipinski definition) is 7. The Hall–Kier alpha value is -5.10. The number of anilines is 1. The fourth-order valence-corrected chi connectivity index (χ4v) is 6.44. The Bertz CT molecular complexity index is 2270. The molecule has 8 rings (SSSR count). The zero-order valence-electron chi connectivity index (χ0n) is 29.5. The number of amides is 1. The molecule has 0 bridgehead atoms. The lowest BCUT2D eigenvalue weighted by Crippen LogP contribution is -2.29. The maximum absolute atomic E-state index is 14.2. The van der Waals surface area contributed by atoms with Gasteiger partial charge in [0.05, 0.1) is 28.8 Å². The minimum Gasteiger partial charge on any atom is -0.473 e. The van der Waals surface area contributed by atoms with Crippen LogP contribution in [-0.2, 0) is 31.4 Å². The lowest BCUT2D eigenvalue weighted by molar-refractivity contribution is 0.0367. The first-order chi connectivity index (χ1) is 25.2. The number of imidazole rings is 1. The average molecular weight is 722 g/mol. The van der Waals surface area contributed by atoms with E-state index in [4.69, 9.17) is 26.1 Å². The summed E-state index contributed by atoms with van der Waals surface area (Å²) >= 11 is 5.86. The Balaban J connectivity index is 0.000000985. The number of aryl methyl sites for hydroxylation is 3. The smallest absolute Gasteiger partial charge is 0.255 e. The molecule has 1 fully saturated rings. The van der Waals surface area contributed by atoms with Crippen LogP contribution < -0.4 is 10.1 Å². The Labute approximate surface area is 306 Å². The van der Waals surface area contributed by atoms with Gasteiger partial charge in [-0.1, -0.05) is 36.7 Å². The lowest BCUT2D eigenvalue weighted by atomic mass is 10.0. The minimum atomic E-state index is -0.402. The van der Waals surface area contributed by atoms with Crippen LogP contribution in [0, 0.1) is 12.7 Å². The lowest BCUT2D eigenvalue weighted by Gasteiger charge is -2.25. The zero-order valence-corrected chi connectivity index (χ0v) is 30.3. The van der Waals surface area contributed by atoms with Crippen LogP contribution in [-0.4, -0.2) is 61.8 Å². The van der Waals surface area contributed by atoms with Crippen LogP contribution in [0.4, 0.5) is 10.1 Å². The molecule has 10 nitrogen and oxygen atoms in total. The van der Waals surface area contributed by atoms with Crippen molar-refractivity contribution in [1.82, 2.24) is 29.6 Å². The van der Waals surface area contributed by atoms with Crippen LogP contribution in [0.25, 0.3) is 27.5 Å². The Morgan fingerprint density at radius 2 is 1.90 bits per heavy atom. The third kappa shape index (κ3) is 7.86. The van der Waals surface area contributed by atoms with Crippen LogP contribution >= 0.6 is 11.6 Å². The molecule has 0 unspecified atom stereocenters. The summed E-state index contributed by atoms with van der Waals surface area (Å²) in [5, 5.41) is 11.9. The van der Waals surface area contributed by atoms with Gasteiger partial charge in [0.25, 0.3) is 5.91 Å². The van der Waals surface area contributed by atoms with Gasteiger partial charge in [0, 0.05) is 72.3 Å². The predicted octanol–water partition coefficient (Wildman–Crippen LogP) is 8.04. The molecular formula is C40H41ClFN7O3. The van der Waals surface area contributed by atoms with E-state index < -0.39 is 5.82 Å². The molecule has 12 heteroatoms. The number of carbonyl (C=O) groups is 1. The number of nitrogens with one attached hydrogen (secondary N) is 2. The van der Waals surface area contributed by atoms with Gasteiger partial charge in [0.15, 0.2) is 0 Å². The Morgan fingerprint density at radius 1 is 1.08 bits per heavy atom. The monoisotopic (exact) mass is 721 g/mol. The summed E-state index contributed by atoms with van der Waals surface area (Å²) in [5.74, 6) is 0.787. The van der Waals surface area contributed by atoms with E-state index in [1.165, 1.54) is 12.5 Å². The van der Waals surface area contributed by atoms with Crippen molar-refractivity contribution in [2.45, 2.75) is 46.3 Å². The molecule has 0 aliphatic carbocycles. The Kier molecular flexibility index (Phi) is 10.6. The van der Waals surface area contributed by atoms with Gasteiger partial charge in [0.2, 0.25) is 5.88 Å². The molecule has 52 heavy (non-hydrogen) atoms. The number of ether oxygens (including phenoxy) is 2. The van der Waals surface area contributed by atoms with Crippen LogP contribution in [0.2, 0.25) is 5.02 Å². The average Bonchev–Trinajstić information content (AvgIpc) is 3.65. The summed E-state index contributed by atoms with van der Waals surface area (Å²) in [7, 11) is 2.01. The van der Waals surface area contributed by atoms with Crippen molar-refractivity contribution < 1.29 is 18.7 Å². The molecular weight excluding hydrogens is 681 g/mol. The van der Waals surface area contributed by atoms with E-state index in [9.17, 15) is 9.18 Å². The molecule has 3 aromatic heterocycles. The second-order valence-electron chi connectivity index (χ2n) is 13.0. The number of H-pyrrole nitrogens is 1. The number of fused-ring (bicyclic) bond motifs is 2. The molecule has 268 valence electrons. The second kappa shape index (κ2) is 15.6. The van der Waals surface area contributed by atoms with Crippen LogP contribution in [0.3, 0.4) is 0 Å². The molecule has 2 N–H and O–H groups in total. The zero-order chi connectivity index (χ0) is 36.2. The summed E-state index contributed by atoms with van der Waals surface area (Å²) < 4.78 is 26.8. The van der Waals surface area contributed by atoms with Crippen LogP contribution in [0.15, 0.2) is 72.8 Å². The van der Waals surface area contributed by atoms with Crippen molar-refractivity contribution in [2.75, 3.05) is 31.6 Å². The number of hydrogen-bond donors (Lipinski definition) is 2. The summed E-state index contributed by atoms with van der Waals surface area (Å²) in [6.45, 7) is 8.38. The van der Waals surface area contributed by atoms with E-state index in [0.29, 0.717) is 28.6 Å². The molecule has 5 heterocycles. The SMILES string of the molecule is C1COC1.CCc1cc(NC(=O)c2ccc3c(c2)nc(CN2CC=C(c4cccc(OCc5ccc(Cl)cc5F)n4)CC2)n3C)cc2c(C)[nH]nc12. The molecule has 0 spiro atoms. The van der Waals surface area contributed by atoms with Crippen LogP contribution in [0.5, 0.6) is 5.88 Å². The molecule has 3 aromatic carbocycles. The minimum absolute atomic E-state index is 0.0677. The number of aromatic nitrogens is 5. The first-order valence-corrected chi connectivity index (χ1v) is 17.9. The molecule has 1 amide bonds. The summed E-state index contributed by atoms with van der Waals surface area (Å²) in [6, 6.07) is 19.8. The van der Waals surface area contributed by atoms with Gasteiger partial charge >= 0.3 is 0 Å². The topological polar surface area (TPSA) is 110 Å². The van der Waals surface area contributed by atoms with Crippen molar-refractivity contribution in [3.8, 4) is 5.88 Å². The quantitative estimate of drug-likeness (QED) is 0.156. The number of benzene rings is 3. The summed E-state index contributed by atoms with van der Waals surface area (Å²) in [6.07, 6.45) is 5.10. The number of carbonyl (C=O) groups excluding carboxylic acids is 1. The van der Waals surface area contributed by atoms with Crippen molar-refractivity contribution >= 4 is 50.7 Å². The van der Waals surface area contributed by atoms with Gasteiger partial charge in [0.1, 0.15) is 18.2 Å². The van der Waals surface area contributed by atoms with Gasteiger partial charge in [-0.3, -0.25) is 14.8 Å². The first-order valence-electron chi connectivity index (χ1n) is 17.5. The highest BCUT2D eigenvalue weighted by Gasteiger charge is 2.19. The standard InChI is InChI=1S/C37H35ClFN7O2.C3H6O/c1-4-23-16-28(19-29-22(2)43-44-36(23)29)40-37(47)25-9-11-33-32(17-25)41-34(45(33)3)20-46-14-12-24(13-15-46)31-6-5-7-35(42-31)48-21-26-8-10-27(38)18-30(26)39;1-2-4-3-1/h5-12,16-19H,4,13-15,20-21H2,1-3H3,(H,40,47)(H,43,44);1-3H2. The van der Waals surface area contributed by atoms with E-state index in [1.807, 2.05) is 56.4 Å². The van der Waals surface area contributed by atoms with E-state index in [2.05, 4.69) is 43.0 Å². The Morgan fingerprint density at radius 3 is 2.63 bits per heavy atom. The van der Waals surface area contributed by atoms with Crippen LogP contribution in [0.1, 0.15) is 58.5 Å². The highest BCUT2D eigenvalue weighted by Crippen LogP contribution is 2.28. The van der Waals surface area contributed by atoms with E-state index in [-0.39, 0.29) is 12.5 Å². The number of nitrogens with zero attached hydrogens (tertiary/aromatic N) is 5. The van der Waals surface area contributed by atoms with Gasteiger partial charge in [-0.15, -0.1) is 0 Å². The summed E-state index contributed by atoms with van der Waals surface area (Å²) in [5.41, 5.74) is 8.46. The van der Waals surface area contributed by atoms with E-state index >= 15 is 0 Å². The first kappa shape index (κ1) is 35.3. The highest BCUT2D eigenvalue weighted by atomic mass is 35.5. The van der Waals surface area contributed by atoms with Crippen molar-refractivity contribution in [3.05, 3.63) is 118 Å². The van der Waals surface area contributed by atoms with Gasteiger partial charge in [-0.05, 0) is 85.9 Å². The molecule has 0 atom stereocenters. The van der Waals surface area contributed by atoms with E-state index in [0.717, 1.165) is 95.1 Å². The highest BCUT2D eigenvalue weighted by molar-refractivity contribution is 6.30. The number of aromatic amines is 1. The maximum atomic E-state index is 14.2. The third-order valence-electron chi connectivity index (χ3n) is 9.48. The van der Waals surface area contributed by atoms with Gasteiger partial charge < -0.3 is 19.4 Å². The third-order valence-corrected chi connectivity index (χ3v) is 9.72. The van der Waals surface area contributed by atoms with Gasteiger partial charge in [-0.25, -0.2) is 14.4 Å². The normalized spacial score (nSPS) is 14.4. The van der Waals surface area contributed by atoms with E-state index in [1.54, 1.807) is 18.2 Å². The van der Waals surface area contributed by atoms with Crippen molar-refractivity contribution in [1.29, 1.82) is 0 Å². The molecule has 2 aliphatic rings. The largest absolute Gasteiger partial charge is 0.473 e. The second-order valence-corrected chi connectivity index (χ2v) is 13.5. The van der Waals surface area contributed by atoms with Crippen molar-refractivity contribution in [2.24, 2.45) is 7.05 Å². The molecule has 0 radical (unpaired) electrons. The molecule has 1 saturated heterocycles. The van der Waals surface area contributed by atoms with Crippen molar-refractivity contribution in [3.63, 3.8) is 0 Å². The predicted molar refractivity (Wildman–Crippen MR) is 202 cm³/mol. The fourth-order valence-electron chi connectivity index (χ4n) is 6.29. The number of rotatable bonds is 9. The fraction of sp³-hybridized carbons (Fsp3) is 0.300. The molecule has 0 saturated carbocycles.